The predicted molar refractivity (Wildman–Crippen MR) is 219 cm³/mol. The molecule has 9 heteroatoms. The number of hydrogen-bond donors (Lipinski definition) is 2. The zero-order valence-electron chi connectivity index (χ0n) is 35.2. The van der Waals surface area contributed by atoms with E-state index in [9.17, 15) is 19.4 Å². The molecule has 0 saturated heterocycles. The fraction of sp³-hybridized carbons (Fsp3) is 0.930. The number of nitrogens with zero attached hydrogens (tertiary/aromatic N) is 1. The number of aliphatic hydroxyl groups is 1. The molecular weight excluding hydrogens is 671 g/mol. The molecule has 0 fully saturated rings. The quantitative estimate of drug-likeness (QED) is 0.0280. The minimum absolute atomic E-state index is 0.00105. The zero-order valence-corrected chi connectivity index (χ0v) is 36.1. The van der Waals surface area contributed by atoms with E-state index in [0.29, 0.717) is 17.4 Å². The molecule has 310 valence electrons. The highest BCUT2D eigenvalue weighted by molar-refractivity contribution is 7.45. The molecule has 0 aromatic rings. The highest BCUT2D eigenvalue weighted by Crippen LogP contribution is 2.38. The third-order valence-corrected chi connectivity index (χ3v) is 10.9. The number of rotatable bonds is 39. The van der Waals surface area contributed by atoms with Crippen LogP contribution < -0.4 is 10.2 Å². The van der Waals surface area contributed by atoms with Crippen molar-refractivity contribution in [3.63, 3.8) is 0 Å². The van der Waals surface area contributed by atoms with Crippen molar-refractivity contribution in [3.8, 4) is 0 Å². The summed E-state index contributed by atoms with van der Waals surface area (Å²) >= 11 is 0. The highest BCUT2D eigenvalue weighted by Gasteiger charge is 2.23. The summed E-state index contributed by atoms with van der Waals surface area (Å²) in [5.41, 5.74) is 0. The van der Waals surface area contributed by atoms with Gasteiger partial charge in [-0.05, 0) is 25.2 Å². The van der Waals surface area contributed by atoms with Gasteiger partial charge < -0.3 is 28.8 Å². The number of amides is 1. The van der Waals surface area contributed by atoms with Crippen molar-refractivity contribution in [2.45, 2.75) is 213 Å². The van der Waals surface area contributed by atoms with Gasteiger partial charge in [0.25, 0.3) is 7.82 Å². The van der Waals surface area contributed by atoms with Crippen molar-refractivity contribution < 1.29 is 32.9 Å². The van der Waals surface area contributed by atoms with Crippen LogP contribution in [0.1, 0.15) is 201 Å². The molecule has 52 heavy (non-hydrogen) atoms. The van der Waals surface area contributed by atoms with E-state index in [1.54, 1.807) is 6.08 Å². The number of carbonyl (C=O) groups excluding carboxylic acids is 1. The number of aliphatic hydroxyl groups excluding tert-OH is 1. The minimum Gasteiger partial charge on any atom is -0.756 e. The number of nitrogens with one attached hydrogen (secondary N) is 1. The Labute approximate surface area is 322 Å². The number of hydrogen-bond acceptors (Lipinski definition) is 6. The van der Waals surface area contributed by atoms with Crippen LogP contribution in [0.4, 0.5) is 0 Å². The molecular formula is C43H87N2O6P. The lowest BCUT2D eigenvalue weighted by Gasteiger charge is -2.29. The molecule has 0 heterocycles. The molecule has 0 bridgehead atoms. The Balaban J connectivity index is 4.36. The topological polar surface area (TPSA) is 108 Å². The summed E-state index contributed by atoms with van der Waals surface area (Å²) in [7, 11) is 1.27. The third-order valence-electron chi connectivity index (χ3n) is 9.93. The van der Waals surface area contributed by atoms with E-state index >= 15 is 0 Å². The molecule has 0 spiro atoms. The molecule has 0 aromatic carbocycles. The molecule has 0 aromatic heterocycles. The molecule has 8 nitrogen and oxygen atoms in total. The molecule has 0 rings (SSSR count). The van der Waals surface area contributed by atoms with Gasteiger partial charge in [0.15, 0.2) is 0 Å². The average molecular weight is 759 g/mol. The van der Waals surface area contributed by atoms with Crippen LogP contribution in [-0.2, 0) is 18.4 Å². The van der Waals surface area contributed by atoms with Gasteiger partial charge in [-0.15, -0.1) is 0 Å². The first-order valence-electron chi connectivity index (χ1n) is 21.9. The molecule has 0 aliphatic rings. The van der Waals surface area contributed by atoms with Gasteiger partial charge in [0.05, 0.1) is 39.9 Å². The lowest BCUT2D eigenvalue weighted by atomic mass is 10.0. The standard InChI is InChI=1S/C43H87N2O6P/c1-7-8-9-10-11-12-13-14-15-16-17-18-19-20-24-27-30-33-36-43(47)44-41(39-51-52(48,49)50-38-37-45(4,5)6)42(46)35-32-29-26-23-21-22-25-28-31-34-40(2)3/h32,35,40-42,46H,7-31,33-34,36-39H2,1-6H3,(H-,44,47,48,49)/b35-32+/t41-,42+/m0/s1. The van der Waals surface area contributed by atoms with E-state index in [2.05, 4.69) is 26.1 Å². The summed E-state index contributed by atoms with van der Waals surface area (Å²) in [6.45, 7) is 6.96. The van der Waals surface area contributed by atoms with Crippen molar-refractivity contribution in [1.82, 2.24) is 5.32 Å². The van der Waals surface area contributed by atoms with Crippen molar-refractivity contribution in [1.29, 1.82) is 0 Å². The van der Waals surface area contributed by atoms with Gasteiger partial charge in [-0.3, -0.25) is 9.36 Å². The second-order valence-corrected chi connectivity index (χ2v) is 18.3. The van der Waals surface area contributed by atoms with E-state index in [1.165, 1.54) is 135 Å². The molecule has 1 amide bonds. The van der Waals surface area contributed by atoms with Crippen LogP contribution in [0.3, 0.4) is 0 Å². The number of likely N-dealkylation sites (N-methyl/N-ethyl adjacent to an activating group) is 1. The number of phosphoric ester groups is 1. The number of carbonyl (C=O) groups is 1. The maximum atomic E-state index is 12.8. The summed E-state index contributed by atoms with van der Waals surface area (Å²) < 4.78 is 23.2. The van der Waals surface area contributed by atoms with E-state index < -0.39 is 20.0 Å². The first kappa shape index (κ1) is 51.2. The van der Waals surface area contributed by atoms with Crippen LogP contribution >= 0.6 is 7.82 Å². The Bertz CT molecular complexity index is 878. The van der Waals surface area contributed by atoms with Crippen molar-refractivity contribution in [2.24, 2.45) is 5.92 Å². The summed E-state index contributed by atoms with van der Waals surface area (Å²) in [6.07, 6.45) is 36.9. The Hall–Kier alpha value is -0.760. The predicted octanol–water partition coefficient (Wildman–Crippen LogP) is 11.2. The summed E-state index contributed by atoms with van der Waals surface area (Å²) in [6, 6.07) is -0.880. The van der Waals surface area contributed by atoms with Crippen molar-refractivity contribution in [3.05, 3.63) is 12.2 Å². The first-order valence-corrected chi connectivity index (χ1v) is 23.4. The van der Waals surface area contributed by atoms with Crippen LogP contribution in [0.25, 0.3) is 0 Å². The van der Waals surface area contributed by atoms with Gasteiger partial charge in [-0.1, -0.05) is 187 Å². The molecule has 0 saturated carbocycles. The van der Waals surface area contributed by atoms with Crippen molar-refractivity contribution in [2.75, 3.05) is 40.9 Å². The highest BCUT2D eigenvalue weighted by atomic mass is 31.2. The monoisotopic (exact) mass is 759 g/mol. The minimum atomic E-state index is -4.58. The second-order valence-electron chi connectivity index (χ2n) is 16.9. The molecule has 3 atom stereocenters. The number of allylic oxidation sites excluding steroid dienone is 1. The number of quaternary nitrogens is 1. The van der Waals surface area contributed by atoms with Gasteiger partial charge in [0.2, 0.25) is 5.91 Å². The van der Waals surface area contributed by atoms with E-state index in [4.69, 9.17) is 9.05 Å². The van der Waals surface area contributed by atoms with Crippen LogP contribution in [-0.4, -0.2) is 68.5 Å². The summed E-state index contributed by atoms with van der Waals surface area (Å²) in [5, 5.41) is 13.7. The molecule has 0 aliphatic carbocycles. The lowest BCUT2D eigenvalue weighted by Crippen LogP contribution is -2.45. The van der Waals surface area contributed by atoms with E-state index in [-0.39, 0.29) is 19.1 Å². The molecule has 0 aliphatic heterocycles. The van der Waals surface area contributed by atoms with Crippen LogP contribution in [0.15, 0.2) is 12.2 Å². The first-order chi connectivity index (χ1) is 24.9. The van der Waals surface area contributed by atoms with Gasteiger partial charge in [-0.25, -0.2) is 0 Å². The Kier molecular flexibility index (Phi) is 34.2. The fourth-order valence-corrected chi connectivity index (χ4v) is 7.12. The molecule has 1 unspecified atom stereocenters. The van der Waals surface area contributed by atoms with Gasteiger partial charge in [0.1, 0.15) is 13.2 Å². The van der Waals surface area contributed by atoms with Gasteiger partial charge in [0, 0.05) is 6.42 Å². The Morgan fingerprint density at radius 3 is 1.62 bits per heavy atom. The van der Waals surface area contributed by atoms with E-state index in [0.717, 1.165) is 44.4 Å². The normalized spacial score (nSPS) is 14.6. The Morgan fingerprint density at radius 1 is 0.712 bits per heavy atom. The van der Waals surface area contributed by atoms with Crippen LogP contribution in [0.5, 0.6) is 0 Å². The van der Waals surface area contributed by atoms with Gasteiger partial charge in [-0.2, -0.15) is 0 Å². The second kappa shape index (κ2) is 34.7. The zero-order chi connectivity index (χ0) is 38.8. The third kappa shape index (κ3) is 37.6. The van der Waals surface area contributed by atoms with Crippen molar-refractivity contribution >= 4 is 13.7 Å². The Morgan fingerprint density at radius 2 is 1.15 bits per heavy atom. The summed E-state index contributed by atoms with van der Waals surface area (Å²) in [5.74, 6) is 0.591. The van der Waals surface area contributed by atoms with E-state index in [1.807, 2.05) is 27.2 Å². The van der Waals surface area contributed by atoms with Crippen LogP contribution in [0, 0.1) is 5.92 Å². The average Bonchev–Trinajstić information content (AvgIpc) is 3.07. The smallest absolute Gasteiger partial charge is 0.268 e. The number of unbranched alkanes of at least 4 members (excludes halogenated alkanes) is 24. The maximum absolute atomic E-state index is 12.8. The largest absolute Gasteiger partial charge is 0.756 e. The maximum Gasteiger partial charge on any atom is 0.268 e. The SMILES string of the molecule is CCCCCCCCCCCCCCCCCCCCC(=O)N[C@@H](COP(=O)([O-])OCC[N+](C)(C)C)[C@H](O)/C=C/CCCCCCCCCC(C)C. The molecule has 2 N–H and O–H groups in total. The number of phosphoric acid groups is 1. The lowest BCUT2D eigenvalue weighted by molar-refractivity contribution is -0.870. The summed E-state index contributed by atoms with van der Waals surface area (Å²) in [4.78, 5) is 25.3. The van der Waals surface area contributed by atoms with Crippen LogP contribution in [0.2, 0.25) is 0 Å². The van der Waals surface area contributed by atoms with Gasteiger partial charge >= 0.3 is 0 Å². The fourth-order valence-electron chi connectivity index (χ4n) is 6.40. The molecule has 0 radical (unpaired) electrons.